The summed E-state index contributed by atoms with van der Waals surface area (Å²) in [4.78, 5) is 34.5. The number of hydrogen-bond acceptors (Lipinski definition) is 5. The van der Waals surface area contributed by atoms with Crippen molar-refractivity contribution in [1.82, 2.24) is 24.6 Å². The number of methoxy groups -OCH3 is 1. The molecule has 0 unspecified atom stereocenters. The summed E-state index contributed by atoms with van der Waals surface area (Å²) in [5, 5.41) is 5.38. The molecule has 1 N–H and O–H groups in total. The quantitative estimate of drug-likeness (QED) is 0.461. The second-order valence-electron chi connectivity index (χ2n) is 7.24. The van der Waals surface area contributed by atoms with Gasteiger partial charge < -0.3 is 14.6 Å². The van der Waals surface area contributed by atoms with E-state index in [0.29, 0.717) is 34.0 Å². The Bertz CT molecular complexity index is 1310. The average molecular weight is 452 g/mol. The molecular formula is C23H22ClN5O3. The van der Waals surface area contributed by atoms with Crippen molar-refractivity contribution in [1.29, 1.82) is 0 Å². The van der Waals surface area contributed by atoms with Crippen LogP contribution in [0.1, 0.15) is 29.7 Å². The van der Waals surface area contributed by atoms with Crippen molar-refractivity contribution < 1.29 is 9.53 Å². The fourth-order valence-electron chi connectivity index (χ4n) is 3.42. The van der Waals surface area contributed by atoms with Crippen molar-refractivity contribution in [2.45, 2.75) is 19.9 Å². The molecule has 0 saturated heterocycles. The van der Waals surface area contributed by atoms with E-state index in [1.54, 1.807) is 47.2 Å². The zero-order chi connectivity index (χ0) is 22.7. The number of nitrogens with one attached hydrogen (secondary N) is 1. The Morgan fingerprint density at radius 3 is 2.69 bits per heavy atom. The van der Waals surface area contributed by atoms with Crippen LogP contribution in [0, 0.1) is 0 Å². The molecule has 0 fully saturated rings. The molecule has 9 heteroatoms. The lowest BCUT2D eigenvalue weighted by Gasteiger charge is -2.20. The number of aromatic nitrogens is 4. The number of fused-ring (bicyclic) bond motifs is 1. The molecule has 0 spiro atoms. The van der Waals surface area contributed by atoms with Crippen LogP contribution in [-0.2, 0) is 6.54 Å². The monoisotopic (exact) mass is 451 g/mol. The third-order valence-corrected chi connectivity index (χ3v) is 5.22. The van der Waals surface area contributed by atoms with E-state index in [9.17, 15) is 9.59 Å². The van der Waals surface area contributed by atoms with E-state index in [1.165, 1.54) is 0 Å². The maximum Gasteiger partial charge on any atom is 0.274 e. The predicted molar refractivity (Wildman–Crippen MR) is 123 cm³/mol. The summed E-state index contributed by atoms with van der Waals surface area (Å²) < 4.78 is 6.81. The summed E-state index contributed by atoms with van der Waals surface area (Å²) in [6, 6.07) is 14.0. The van der Waals surface area contributed by atoms with E-state index >= 15 is 0 Å². The minimum atomic E-state index is -0.269. The minimum absolute atomic E-state index is 0.153. The fourth-order valence-corrected chi connectivity index (χ4v) is 3.58. The average Bonchev–Trinajstić information content (AvgIpc) is 3.28. The van der Waals surface area contributed by atoms with Gasteiger partial charge in [0.25, 0.3) is 11.5 Å². The maximum absolute atomic E-state index is 13.2. The molecule has 164 valence electrons. The standard InChI is InChI=1S/C23H22ClN5O3/c1-3-11-28(14-21-25-20-13-15(24)4-9-18(20)22(30)26-21)23(31)19-10-12-29(27-19)16-5-7-17(32-2)8-6-16/h4-10,12-13H,3,11,14H2,1-2H3,(H,25,26,30). The molecule has 8 nitrogen and oxygen atoms in total. The largest absolute Gasteiger partial charge is 0.497 e. The van der Waals surface area contributed by atoms with Gasteiger partial charge in [0.1, 0.15) is 11.6 Å². The number of aromatic amines is 1. The number of nitrogens with zero attached hydrogens (tertiary/aromatic N) is 4. The Hall–Kier alpha value is -3.65. The first kappa shape index (κ1) is 21.6. The number of carbonyl (C=O) groups excluding carboxylic acids is 1. The SMILES string of the molecule is CCCN(Cc1nc2cc(Cl)ccc2c(=O)[nH]1)C(=O)c1ccn(-c2ccc(OC)cc2)n1. The van der Waals surface area contributed by atoms with Gasteiger partial charge >= 0.3 is 0 Å². The molecule has 0 aliphatic heterocycles. The Balaban J connectivity index is 1.59. The number of rotatable bonds is 7. The second-order valence-corrected chi connectivity index (χ2v) is 7.68. The Morgan fingerprint density at radius 2 is 1.97 bits per heavy atom. The lowest BCUT2D eigenvalue weighted by Crippen LogP contribution is -2.33. The van der Waals surface area contributed by atoms with Crippen LogP contribution in [0.3, 0.4) is 0 Å². The highest BCUT2D eigenvalue weighted by molar-refractivity contribution is 6.31. The zero-order valence-electron chi connectivity index (χ0n) is 17.7. The number of benzene rings is 2. The van der Waals surface area contributed by atoms with Gasteiger partial charge in [-0.1, -0.05) is 18.5 Å². The Kier molecular flexibility index (Phi) is 6.23. The van der Waals surface area contributed by atoms with Crippen molar-refractivity contribution in [2.24, 2.45) is 0 Å². The minimum Gasteiger partial charge on any atom is -0.497 e. The first-order valence-electron chi connectivity index (χ1n) is 10.2. The van der Waals surface area contributed by atoms with Crippen molar-refractivity contribution in [3.8, 4) is 11.4 Å². The Morgan fingerprint density at radius 1 is 1.19 bits per heavy atom. The first-order chi connectivity index (χ1) is 15.5. The molecule has 2 aromatic carbocycles. The van der Waals surface area contributed by atoms with Crippen molar-refractivity contribution in [2.75, 3.05) is 13.7 Å². The molecule has 0 aliphatic carbocycles. The lowest BCUT2D eigenvalue weighted by molar-refractivity contribution is 0.0732. The summed E-state index contributed by atoms with van der Waals surface area (Å²) in [5.74, 6) is 0.888. The van der Waals surface area contributed by atoms with Crippen molar-refractivity contribution in [3.63, 3.8) is 0 Å². The molecule has 2 aromatic heterocycles. The van der Waals surface area contributed by atoms with E-state index in [4.69, 9.17) is 16.3 Å². The molecule has 0 radical (unpaired) electrons. The van der Waals surface area contributed by atoms with E-state index in [1.807, 2.05) is 31.2 Å². The fraction of sp³-hybridized carbons (Fsp3) is 0.217. The molecule has 32 heavy (non-hydrogen) atoms. The first-order valence-corrected chi connectivity index (χ1v) is 10.5. The molecule has 2 heterocycles. The predicted octanol–water partition coefficient (Wildman–Crippen LogP) is 3.82. The summed E-state index contributed by atoms with van der Waals surface area (Å²) in [6.07, 6.45) is 2.48. The summed E-state index contributed by atoms with van der Waals surface area (Å²) in [7, 11) is 1.61. The number of amides is 1. The smallest absolute Gasteiger partial charge is 0.274 e. The highest BCUT2D eigenvalue weighted by Gasteiger charge is 2.20. The van der Waals surface area contributed by atoms with Crippen LogP contribution < -0.4 is 10.3 Å². The van der Waals surface area contributed by atoms with Gasteiger partial charge in [-0.05, 0) is 55.0 Å². The van der Waals surface area contributed by atoms with Crippen LogP contribution in [-0.4, -0.2) is 44.2 Å². The van der Waals surface area contributed by atoms with E-state index in [-0.39, 0.29) is 18.0 Å². The van der Waals surface area contributed by atoms with Gasteiger partial charge in [-0.2, -0.15) is 5.10 Å². The molecule has 0 aliphatic rings. The van der Waals surface area contributed by atoms with Crippen molar-refractivity contribution in [3.05, 3.63) is 81.6 Å². The van der Waals surface area contributed by atoms with Crippen LogP contribution in [0.15, 0.2) is 59.5 Å². The molecule has 0 atom stereocenters. The Labute approximate surface area is 189 Å². The van der Waals surface area contributed by atoms with E-state index < -0.39 is 0 Å². The molecule has 4 aromatic rings. The van der Waals surface area contributed by atoms with Crippen LogP contribution in [0.4, 0.5) is 0 Å². The van der Waals surface area contributed by atoms with Crippen LogP contribution in [0.25, 0.3) is 16.6 Å². The second kappa shape index (κ2) is 9.23. The van der Waals surface area contributed by atoms with Gasteiger partial charge in [0.15, 0.2) is 5.69 Å². The molecule has 0 bridgehead atoms. The summed E-state index contributed by atoms with van der Waals surface area (Å²) >= 11 is 6.04. The highest BCUT2D eigenvalue weighted by Crippen LogP contribution is 2.17. The van der Waals surface area contributed by atoms with Gasteiger partial charge in [0, 0.05) is 17.8 Å². The van der Waals surface area contributed by atoms with Gasteiger partial charge in [-0.3, -0.25) is 9.59 Å². The van der Waals surface area contributed by atoms with Crippen molar-refractivity contribution >= 4 is 28.4 Å². The number of hydrogen-bond donors (Lipinski definition) is 1. The van der Waals surface area contributed by atoms with Crippen LogP contribution in [0.5, 0.6) is 5.75 Å². The summed E-state index contributed by atoms with van der Waals surface area (Å²) in [6.45, 7) is 2.62. The number of carbonyl (C=O) groups is 1. The van der Waals surface area contributed by atoms with Gasteiger partial charge in [0.05, 0.1) is 30.2 Å². The number of ether oxygens (including phenoxy) is 1. The molecule has 0 saturated carbocycles. The van der Waals surface area contributed by atoms with Gasteiger partial charge in [-0.25, -0.2) is 9.67 Å². The van der Waals surface area contributed by atoms with Crippen LogP contribution in [0.2, 0.25) is 5.02 Å². The normalized spacial score (nSPS) is 11.0. The van der Waals surface area contributed by atoms with Gasteiger partial charge in [0.2, 0.25) is 0 Å². The maximum atomic E-state index is 13.2. The van der Waals surface area contributed by atoms with Gasteiger partial charge in [-0.15, -0.1) is 0 Å². The molecule has 4 rings (SSSR count). The third-order valence-electron chi connectivity index (χ3n) is 4.98. The molecular weight excluding hydrogens is 430 g/mol. The van der Waals surface area contributed by atoms with Crippen LogP contribution >= 0.6 is 11.6 Å². The topological polar surface area (TPSA) is 93.1 Å². The number of H-pyrrole nitrogens is 1. The highest BCUT2D eigenvalue weighted by atomic mass is 35.5. The molecule has 1 amide bonds. The van der Waals surface area contributed by atoms with E-state index in [2.05, 4.69) is 15.1 Å². The zero-order valence-corrected chi connectivity index (χ0v) is 18.5. The number of halogens is 1. The van der Waals surface area contributed by atoms with E-state index in [0.717, 1.165) is 17.9 Å². The third kappa shape index (κ3) is 4.50. The summed E-state index contributed by atoms with van der Waals surface area (Å²) in [5.41, 5.74) is 1.34. The lowest BCUT2D eigenvalue weighted by atomic mass is 10.2.